The number of thiazole rings is 1. The summed E-state index contributed by atoms with van der Waals surface area (Å²) in [4.78, 5) is 16.8. The third-order valence-electron chi connectivity index (χ3n) is 3.94. The highest BCUT2D eigenvalue weighted by Gasteiger charge is 2.10. The smallest absolute Gasteiger partial charge is 0.230 e. The average Bonchev–Trinajstić information content (AvgIpc) is 3.05. The molecule has 1 amide bonds. The number of anilines is 1. The molecule has 0 atom stereocenters. The summed E-state index contributed by atoms with van der Waals surface area (Å²) in [6.07, 6.45) is 0.308. The van der Waals surface area contributed by atoms with Crippen molar-refractivity contribution in [2.45, 2.75) is 20.3 Å². The number of amides is 1. The first kappa shape index (κ1) is 17.2. The van der Waals surface area contributed by atoms with Gasteiger partial charge in [-0.1, -0.05) is 29.8 Å². The van der Waals surface area contributed by atoms with E-state index in [9.17, 15) is 4.79 Å². The van der Waals surface area contributed by atoms with Gasteiger partial charge in [-0.25, -0.2) is 4.98 Å². The third-order valence-corrected chi connectivity index (χ3v) is 4.70. The zero-order chi connectivity index (χ0) is 17.8. The van der Waals surface area contributed by atoms with Crippen LogP contribution < -0.4 is 10.1 Å². The molecule has 2 aromatic carbocycles. The van der Waals surface area contributed by atoms with Crippen LogP contribution in [0.15, 0.2) is 47.8 Å². The van der Waals surface area contributed by atoms with Crippen molar-refractivity contribution < 1.29 is 9.53 Å². The van der Waals surface area contributed by atoms with Crippen molar-refractivity contribution in [2.24, 2.45) is 0 Å². The summed E-state index contributed by atoms with van der Waals surface area (Å²) >= 11 is 1.44. The predicted octanol–water partition coefficient (Wildman–Crippen LogP) is 4.62. The standard InChI is InChI=1S/C20H20N2O2S/c1-13-4-5-14(2)17(10-13)18-12-25-20(21-18)22-19(23)11-15-6-8-16(24-3)9-7-15/h4-10,12H,11H2,1-3H3,(H,21,22,23). The number of carbonyl (C=O) groups is 1. The van der Waals surface area contributed by atoms with Crippen LogP contribution in [0.4, 0.5) is 5.13 Å². The van der Waals surface area contributed by atoms with Crippen molar-refractivity contribution >= 4 is 22.4 Å². The molecule has 3 aromatic rings. The first-order valence-electron chi connectivity index (χ1n) is 8.01. The average molecular weight is 352 g/mol. The molecule has 0 aliphatic rings. The molecule has 0 radical (unpaired) electrons. The molecule has 3 rings (SSSR count). The van der Waals surface area contributed by atoms with E-state index in [1.54, 1.807) is 7.11 Å². The van der Waals surface area contributed by atoms with Gasteiger partial charge in [-0.05, 0) is 43.2 Å². The molecule has 0 aliphatic carbocycles. The van der Waals surface area contributed by atoms with Crippen molar-refractivity contribution in [3.8, 4) is 17.0 Å². The van der Waals surface area contributed by atoms with Crippen LogP contribution in [0.3, 0.4) is 0 Å². The van der Waals surface area contributed by atoms with Crippen LogP contribution in [0, 0.1) is 13.8 Å². The Hall–Kier alpha value is -2.66. The van der Waals surface area contributed by atoms with Gasteiger partial charge in [0.15, 0.2) is 5.13 Å². The lowest BCUT2D eigenvalue weighted by atomic mass is 10.0. The van der Waals surface area contributed by atoms with Crippen molar-refractivity contribution in [3.05, 3.63) is 64.5 Å². The van der Waals surface area contributed by atoms with Crippen molar-refractivity contribution in [3.63, 3.8) is 0 Å². The molecule has 0 aliphatic heterocycles. The number of aryl methyl sites for hydroxylation is 2. The van der Waals surface area contributed by atoms with Gasteiger partial charge in [-0.3, -0.25) is 4.79 Å². The Bertz CT molecular complexity index is 885. The molecule has 4 nitrogen and oxygen atoms in total. The van der Waals surface area contributed by atoms with Crippen LogP contribution in [0.25, 0.3) is 11.3 Å². The van der Waals surface area contributed by atoms with E-state index in [-0.39, 0.29) is 5.91 Å². The minimum absolute atomic E-state index is 0.0768. The Morgan fingerprint density at radius 3 is 2.64 bits per heavy atom. The van der Waals surface area contributed by atoms with Gasteiger partial charge >= 0.3 is 0 Å². The van der Waals surface area contributed by atoms with E-state index >= 15 is 0 Å². The first-order chi connectivity index (χ1) is 12.0. The summed E-state index contributed by atoms with van der Waals surface area (Å²) in [7, 11) is 1.62. The fourth-order valence-corrected chi connectivity index (χ4v) is 3.29. The number of benzene rings is 2. The van der Waals surface area contributed by atoms with E-state index in [1.807, 2.05) is 29.6 Å². The molecule has 0 fully saturated rings. The number of methoxy groups -OCH3 is 1. The topological polar surface area (TPSA) is 51.2 Å². The Morgan fingerprint density at radius 1 is 1.16 bits per heavy atom. The Morgan fingerprint density at radius 2 is 1.92 bits per heavy atom. The molecule has 0 bridgehead atoms. The number of aromatic nitrogens is 1. The van der Waals surface area contributed by atoms with E-state index in [2.05, 4.69) is 42.3 Å². The maximum Gasteiger partial charge on any atom is 0.230 e. The van der Waals surface area contributed by atoms with Crippen LogP contribution in [0.2, 0.25) is 0 Å². The summed E-state index contributed by atoms with van der Waals surface area (Å²) < 4.78 is 5.12. The zero-order valence-corrected chi connectivity index (χ0v) is 15.3. The lowest BCUT2D eigenvalue weighted by molar-refractivity contribution is -0.115. The Kier molecular flexibility index (Phi) is 5.14. The quantitative estimate of drug-likeness (QED) is 0.729. The van der Waals surface area contributed by atoms with E-state index in [0.717, 1.165) is 22.6 Å². The lowest BCUT2D eigenvalue weighted by Gasteiger charge is -2.05. The highest BCUT2D eigenvalue weighted by atomic mass is 32.1. The van der Waals surface area contributed by atoms with Gasteiger partial charge in [0, 0.05) is 10.9 Å². The summed E-state index contributed by atoms with van der Waals surface area (Å²) in [6.45, 7) is 4.13. The summed E-state index contributed by atoms with van der Waals surface area (Å²) in [6, 6.07) is 13.8. The normalized spacial score (nSPS) is 10.5. The number of nitrogens with one attached hydrogen (secondary N) is 1. The highest BCUT2D eigenvalue weighted by molar-refractivity contribution is 7.14. The molecular weight excluding hydrogens is 332 g/mol. The number of ether oxygens (including phenoxy) is 1. The number of nitrogens with zero attached hydrogens (tertiary/aromatic N) is 1. The fraction of sp³-hybridized carbons (Fsp3) is 0.200. The molecule has 0 saturated carbocycles. The lowest BCUT2D eigenvalue weighted by Crippen LogP contribution is -2.14. The van der Waals surface area contributed by atoms with Gasteiger partial charge in [-0.2, -0.15) is 0 Å². The SMILES string of the molecule is COc1ccc(CC(=O)Nc2nc(-c3cc(C)ccc3C)cs2)cc1. The number of hydrogen-bond acceptors (Lipinski definition) is 4. The second-order valence-corrected chi connectivity index (χ2v) is 6.79. The highest BCUT2D eigenvalue weighted by Crippen LogP contribution is 2.28. The van der Waals surface area contributed by atoms with Crippen LogP contribution in [-0.2, 0) is 11.2 Å². The van der Waals surface area contributed by atoms with Crippen LogP contribution in [0.1, 0.15) is 16.7 Å². The minimum Gasteiger partial charge on any atom is -0.497 e. The van der Waals surface area contributed by atoms with Gasteiger partial charge in [0.25, 0.3) is 0 Å². The van der Waals surface area contributed by atoms with Gasteiger partial charge < -0.3 is 10.1 Å². The van der Waals surface area contributed by atoms with E-state index in [0.29, 0.717) is 11.6 Å². The van der Waals surface area contributed by atoms with Gasteiger partial charge in [0.2, 0.25) is 5.91 Å². The molecule has 25 heavy (non-hydrogen) atoms. The third kappa shape index (κ3) is 4.25. The molecule has 0 spiro atoms. The predicted molar refractivity (Wildman–Crippen MR) is 102 cm³/mol. The van der Waals surface area contributed by atoms with E-state index < -0.39 is 0 Å². The maximum absolute atomic E-state index is 12.2. The molecule has 1 heterocycles. The van der Waals surface area contributed by atoms with Crippen LogP contribution in [-0.4, -0.2) is 18.0 Å². The molecule has 0 unspecified atom stereocenters. The molecular formula is C20H20N2O2S. The number of hydrogen-bond donors (Lipinski definition) is 1. The maximum atomic E-state index is 12.2. The molecule has 1 aromatic heterocycles. The summed E-state index contributed by atoms with van der Waals surface area (Å²) in [5, 5.41) is 5.48. The molecule has 0 saturated heterocycles. The zero-order valence-electron chi connectivity index (χ0n) is 14.5. The number of carbonyl (C=O) groups excluding carboxylic acids is 1. The van der Waals surface area contributed by atoms with Gasteiger partial charge in [0.1, 0.15) is 5.75 Å². The van der Waals surface area contributed by atoms with E-state index in [1.165, 1.54) is 22.5 Å². The van der Waals surface area contributed by atoms with Crippen molar-refractivity contribution in [1.29, 1.82) is 0 Å². The second-order valence-electron chi connectivity index (χ2n) is 5.93. The van der Waals surface area contributed by atoms with Crippen molar-refractivity contribution in [1.82, 2.24) is 4.98 Å². The van der Waals surface area contributed by atoms with Crippen molar-refractivity contribution in [2.75, 3.05) is 12.4 Å². The minimum atomic E-state index is -0.0768. The summed E-state index contributed by atoms with van der Waals surface area (Å²) in [5.41, 5.74) is 5.30. The molecule has 128 valence electrons. The Balaban J connectivity index is 1.68. The Labute approximate surface area is 151 Å². The summed E-state index contributed by atoms with van der Waals surface area (Å²) in [5.74, 6) is 0.703. The van der Waals surface area contributed by atoms with Gasteiger partial charge in [0.05, 0.1) is 19.2 Å². The van der Waals surface area contributed by atoms with E-state index in [4.69, 9.17) is 4.74 Å². The van der Waals surface area contributed by atoms with Crippen LogP contribution >= 0.6 is 11.3 Å². The number of rotatable bonds is 5. The monoisotopic (exact) mass is 352 g/mol. The largest absolute Gasteiger partial charge is 0.497 e. The molecule has 1 N–H and O–H groups in total. The first-order valence-corrected chi connectivity index (χ1v) is 8.89. The second kappa shape index (κ2) is 7.49. The van der Waals surface area contributed by atoms with Gasteiger partial charge in [-0.15, -0.1) is 11.3 Å². The molecule has 5 heteroatoms. The fourth-order valence-electron chi connectivity index (χ4n) is 2.56. The van der Waals surface area contributed by atoms with Crippen LogP contribution in [0.5, 0.6) is 5.75 Å².